The molecule has 52 heavy (non-hydrogen) atoms. The van der Waals surface area contributed by atoms with Crippen molar-refractivity contribution in [3.63, 3.8) is 0 Å². The summed E-state index contributed by atoms with van der Waals surface area (Å²) >= 11 is 0.155. The normalized spacial score (nSPS) is 12.2. The summed E-state index contributed by atoms with van der Waals surface area (Å²) < 4.78 is 11.7. The molecule has 4 aromatic heterocycles. The number of furan rings is 1. The molecule has 0 atom stereocenters. The van der Waals surface area contributed by atoms with Crippen molar-refractivity contribution >= 4 is 111 Å². The molecule has 242 valence electrons. The van der Waals surface area contributed by atoms with E-state index in [1.54, 1.807) is 0 Å². The van der Waals surface area contributed by atoms with Crippen LogP contribution in [0.1, 0.15) is 0 Å². The first-order valence-corrected chi connectivity index (χ1v) is 19.4. The molecule has 12 aromatic rings. The number of benzene rings is 8. The van der Waals surface area contributed by atoms with Crippen LogP contribution >= 0.6 is 0 Å². The third-order valence-corrected chi connectivity index (χ3v) is 13.2. The van der Waals surface area contributed by atoms with Crippen molar-refractivity contribution in [1.82, 2.24) is 4.40 Å². The number of fused-ring (bicyclic) bond motifs is 8. The third kappa shape index (κ3) is 3.91. The molecule has 0 saturated carbocycles. The van der Waals surface area contributed by atoms with Crippen LogP contribution in [0.2, 0.25) is 0 Å². The molecule has 0 saturated heterocycles. The second-order valence-corrected chi connectivity index (χ2v) is 16.0. The molecule has 0 amide bonds. The molecule has 0 radical (unpaired) electrons. The molecular weight excluding hydrogens is 700 g/mol. The average Bonchev–Trinajstić information content (AvgIpc) is 3.85. The molecule has 0 unspecified atom stereocenters. The number of rotatable bonds is 4. The Balaban J connectivity index is 1.23. The molecule has 0 bridgehead atoms. The van der Waals surface area contributed by atoms with E-state index in [0.717, 1.165) is 39.0 Å². The van der Waals surface area contributed by atoms with E-state index in [2.05, 4.69) is 173 Å². The van der Waals surface area contributed by atoms with Crippen LogP contribution in [0.5, 0.6) is 0 Å². The quantitative estimate of drug-likeness (QED) is 0.168. The van der Waals surface area contributed by atoms with Gasteiger partial charge >= 0.3 is 306 Å². The van der Waals surface area contributed by atoms with Gasteiger partial charge in [0.25, 0.3) is 0 Å². The van der Waals surface area contributed by atoms with Gasteiger partial charge in [-0.05, 0) is 0 Å². The van der Waals surface area contributed by atoms with Crippen molar-refractivity contribution in [1.29, 1.82) is 0 Å². The van der Waals surface area contributed by atoms with E-state index >= 15 is 0 Å². The van der Waals surface area contributed by atoms with E-state index in [1.165, 1.54) is 68.5 Å². The average molecular weight is 728 g/mol. The van der Waals surface area contributed by atoms with Gasteiger partial charge in [-0.25, -0.2) is 0 Å². The molecular formula is C48H28N2OSe. The Bertz CT molecular complexity index is 3370. The zero-order valence-corrected chi connectivity index (χ0v) is 29.6. The Morgan fingerprint density at radius 1 is 0.404 bits per heavy atom. The first-order valence-electron chi connectivity index (χ1n) is 17.7. The van der Waals surface area contributed by atoms with E-state index < -0.39 is 0 Å². The zero-order valence-electron chi connectivity index (χ0n) is 27.9. The molecule has 4 heteroatoms. The van der Waals surface area contributed by atoms with Gasteiger partial charge < -0.3 is 0 Å². The third-order valence-electron chi connectivity index (χ3n) is 10.9. The summed E-state index contributed by atoms with van der Waals surface area (Å²) in [5, 5.41) is 10.2. The summed E-state index contributed by atoms with van der Waals surface area (Å²) in [4.78, 5) is 2.45. The Morgan fingerprint density at radius 3 is 2.02 bits per heavy atom. The topological polar surface area (TPSA) is 20.8 Å². The Kier molecular flexibility index (Phi) is 5.79. The molecule has 0 spiro atoms. The first kappa shape index (κ1) is 28.4. The second-order valence-electron chi connectivity index (χ2n) is 13.7. The minimum atomic E-state index is 0.155. The fourth-order valence-electron chi connectivity index (χ4n) is 8.68. The van der Waals surface area contributed by atoms with Gasteiger partial charge in [0.2, 0.25) is 0 Å². The van der Waals surface area contributed by atoms with E-state index in [0.29, 0.717) is 0 Å². The van der Waals surface area contributed by atoms with Crippen LogP contribution < -0.4 is 4.90 Å². The van der Waals surface area contributed by atoms with Crippen LogP contribution in [0, 0.1) is 0 Å². The van der Waals surface area contributed by atoms with Crippen molar-refractivity contribution in [2.45, 2.75) is 0 Å². The van der Waals surface area contributed by atoms with Crippen molar-refractivity contribution in [3.8, 4) is 11.1 Å². The van der Waals surface area contributed by atoms with Gasteiger partial charge in [0.15, 0.2) is 0 Å². The fourth-order valence-corrected chi connectivity index (χ4v) is 11.2. The molecule has 0 N–H and O–H groups in total. The van der Waals surface area contributed by atoms with Crippen molar-refractivity contribution in [2.75, 3.05) is 4.90 Å². The van der Waals surface area contributed by atoms with E-state index in [9.17, 15) is 0 Å². The van der Waals surface area contributed by atoms with E-state index in [1.807, 2.05) is 6.07 Å². The molecule has 0 fully saturated rings. The summed E-state index contributed by atoms with van der Waals surface area (Å²) in [5.41, 5.74) is 11.3. The number of nitrogens with zero attached hydrogens (tertiary/aromatic N) is 2. The Labute approximate surface area is 304 Å². The predicted octanol–water partition coefficient (Wildman–Crippen LogP) is 13.2. The van der Waals surface area contributed by atoms with Crippen LogP contribution in [-0.2, 0) is 0 Å². The number of hydrogen-bond acceptors (Lipinski definition) is 2. The predicted molar refractivity (Wildman–Crippen MR) is 220 cm³/mol. The Hall–Kier alpha value is -6.32. The van der Waals surface area contributed by atoms with Crippen molar-refractivity contribution in [2.24, 2.45) is 0 Å². The number of aromatic nitrogens is 1. The second kappa shape index (κ2) is 10.6. The standard InChI is InChI=1S/C48H28N2OSe/c1-2-11-29(12-3-1)30-13-8-14-31(25-30)49(32-23-24-43-39(26-32)35-16-5-7-21-42(35)51-43)33-27-41-47-45(28-33)52-44-22-10-17-36(46(44)47)38-19-9-18-37-34-15-4-6-20-40(34)50(41)48(37)38/h1-28H. The molecule has 0 aliphatic rings. The minimum absolute atomic E-state index is 0.155. The molecule has 8 aromatic carbocycles. The van der Waals surface area contributed by atoms with Gasteiger partial charge in [-0.3, -0.25) is 0 Å². The van der Waals surface area contributed by atoms with Gasteiger partial charge in [-0.2, -0.15) is 0 Å². The summed E-state index contributed by atoms with van der Waals surface area (Å²) in [7, 11) is 0. The molecule has 4 heterocycles. The zero-order chi connectivity index (χ0) is 33.9. The van der Waals surface area contributed by atoms with Crippen molar-refractivity contribution < 1.29 is 4.42 Å². The molecule has 0 aliphatic heterocycles. The van der Waals surface area contributed by atoms with Crippen LogP contribution in [0.3, 0.4) is 0 Å². The molecule has 12 rings (SSSR count). The van der Waals surface area contributed by atoms with Gasteiger partial charge in [0.1, 0.15) is 0 Å². The summed E-state index contributed by atoms with van der Waals surface area (Å²) in [6, 6.07) is 62.2. The summed E-state index contributed by atoms with van der Waals surface area (Å²) in [5.74, 6) is 0. The number of para-hydroxylation sites is 3. The van der Waals surface area contributed by atoms with Gasteiger partial charge in [0.05, 0.1) is 0 Å². The summed E-state index contributed by atoms with van der Waals surface area (Å²) in [6.07, 6.45) is 0. The van der Waals surface area contributed by atoms with Crippen LogP contribution in [-0.4, -0.2) is 18.9 Å². The number of hydrogen-bond donors (Lipinski definition) is 0. The maximum atomic E-state index is 6.31. The molecule has 3 nitrogen and oxygen atoms in total. The van der Waals surface area contributed by atoms with Gasteiger partial charge in [0, 0.05) is 0 Å². The Morgan fingerprint density at radius 2 is 1.10 bits per heavy atom. The molecule has 0 aliphatic carbocycles. The maximum absolute atomic E-state index is 6.31. The van der Waals surface area contributed by atoms with Gasteiger partial charge in [-0.15, -0.1) is 0 Å². The SMILES string of the molecule is c1ccc(-c2cccc(N(c3ccc4oc5ccccc5c4c3)c3cc4[se]c5cccc6c7cccc8c9ccccc9n(c(c3)c4c56)c78)c2)cc1. The van der Waals surface area contributed by atoms with Crippen molar-refractivity contribution in [3.05, 3.63) is 170 Å². The summed E-state index contributed by atoms with van der Waals surface area (Å²) in [6.45, 7) is 0. The first-order chi connectivity index (χ1) is 25.8. The number of anilines is 3. The van der Waals surface area contributed by atoms with E-state index in [4.69, 9.17) is 4.42 Å². The van der Waals surface area contributed by atoms with Crippen LogP contribution in [0.25, 0.3) is 90.5 Å². The van der Waals surface area contributed by atoms with Gasteiger partial charge in [-0.1, -0.05) is 0 Å². The fraction of sp³-hybridized carbons (Fsp3) is 0. The van der Waals surface area contributed by atoms with Crippen LogP contribution in [0.4, 0.5) is 17.1 Å². The van der Waals surface area contributed by atoms with Crippen LogP contribution in [0.15, 0.2) is 174 Å². The monoisotopic (exact) mass is 728 g/mol. The van der Waals surface area contributed by atoms with E-state index in [-0.39, 0.29) is 14.5 Å².